The second kappa shape index (κ2) is 8.98. The van der Waals surface area contributed by atoms with Gasteiger partial charge in [-0.15, -0.1) is 0 Å². The molecule has 0 spiro atoms. The third-order valence-corrected chi connectivity index (χ3v) is 5.21. The number of aryl methyl sites for hydroxylation is 2. The number of hydrogen-bond acceptors (Lipinski definition) is 3. The fraction of sp³-hybridized carbons (Fsp3) is 0.625. The lowest BCUT2D eigenvalue weighted by atomic mass is 9.97. The Kier molecular flexibility index (Phi) is 7.97. The second-order valence-corrected chi connectivity index (χ2v) is 8.37. The summed E-state index contributed by atoms with van der Waals surface area (Å²) in [7, 11) is -5.54. The zero-order chi connectivity index (χ0) is 27.2. The molecule has 1 rings (SSSR count). The van der Waals surface area contributed by atoms with Crippen LogP contribution in [0.5, 0.6) is 0 Å². The molecule has 0 fully saturated rings. The number of alkyl halides is 14. The van der Waals surface area contributed by atoms with Gasteiger partial charge in [0.25, 0.3) is 0 Å². The van der Waals surface area contributed by atoms with Gasteiger partial charge in [-0.1, -0.05) is 6.07 Å². The van der Waals surface area contributed by atoms with E-state index in [0.717, 1.165) is 0 Å². The fourth-order valence-corrected chi connectivity index (χ4v) is 3.08. The molecule has 0 atom stereocenters. The monoisotopic (exact) mass is 549 g/mol. The molecule has 34 heavy (non-hydrogen) atoms. The van der Waals surface area contributed by atoms with Gasteiger partial charge in [-0.05, 0) is 36.1 Å². The largest absolute Gasteiger partial charge is 0.744 e. The molecule has 0 radical (unpaired) electrons. The van der Waals surface area contributed by atoms with E-state index >= 15 is 0 Å². The van der Waals surface area contributed by atoms with Crippen molar-refractivity contribution in [3.05, 3.63) is 29.3 Å². The van der Waals surface area contributed by atoms with Crippen LogP contribution in [-0.2, 0) is 23.0 Å². The van der Waals surface area contributed by atoms with E-state index in [1.54, 1.807) is 0 Å². The highest BCUT2D eigenvalue weighted by Gasteiger charge is 2.73. The molecule has 0 saturated carbocycles. The van der Waals surface area contributed by atoms with Crippen LogP contribution in [-0.4, -0.2) is 49.0 Å². The molecule has 1 aromatic rings. The van der Waals surface area contributed by atoms with Crippen LogP contribution in [0.4, 0.5) is 61.5 Å². The summed E-state index contributed by atoms with van der Waals surface area (Å²) in [6.07, 6.45) is -21.0. The maximum Gasteiger partial charge on any atom is 0.459 e. The zero-order valence-corrected chi connectivity index (χ0v) is 16.8. The second-order valence-electron chi connectivity index (χ2n) is 6.99. The van der Waals surface area contributed by atoms with E-state index < -0.39 is 87.9 Å². The molecule has 0 aliphatic rings. The summed E-state index contributed by atoms with van der Waals surface area (Å²) >= 11 is 0. The van der Waals surface area contributed by atoms with Crippen LogP contribution >= 0.6 is 0 Å². The molecule has 3 nitrogen and oxygen atoms in total. The van der Waals surface area contributed by atoms with E-state index in [1.807, 2.05) is 0 Å². The maximum atomic E-state index is 13.4. The van der Waals surface area contributed by atoms with Crippen LogP contribution in [0.1, 0.15) is 24.0 Å². The predicted molar refractivity (Wildman–Crippen MR) is 82.9 cm³/mol. The molecule has 0 unspecified atom stereocenters. The van der Waals surface area contributed by atoms with Crippen LogP contribution in [0.3, 0.4) is 0 Å². The average Bonchev–Trinajstić information content (AvgIpc) is 2.62. The highest BCUT2D eigenvalue weighted by molar-refractivity contribution is 7.85. The summed E-state index contributed by atoms with van der Waals surface area (Å²) in [4.78, 5) is -1.41. The third kappa shape index (κ3) is 6.23. The molecule has 0 heterocycles. The smallest absolute Gasteiger partial charge is 0.459 e. The quantitative estimate of drug-likeness (QED) is 0.276. The first-order valence-corrected chi connectivity index (χ1v) is 9.90. The molecular weight excluding hydrogens is 538 g/mol. The lowest BCUT2D eigenvalue weighted by Crippen LogP contribution is -2.52. The van der Waals surface area contributed by atoms with Crippen molar-refractivity contribution in [2.45, 2.75) is 66.6 Å². The number of halogens is 14. The Labute approximate surface area is 181 Å². The van der Waals surface area contributed by atoms with Crippen molar-refractivity contribution in [1.29, 1.82) is 0 Å². The first-order valence-electron chi connectivity index (χ1n) is 8.50. The van der Waals surface area contributed by atoms with Crippen molar-refractivity contribution in [2.24, 2.45) is 0 Å². The normalized spacial score (nSPS) is 15.0. The Hall–Kier alpha value is -1.85. The highest BCUT2D eigenvalue weighted by atomic mass is 32.2. The number of rotatable bonds is 9. The van der Waals surface area contributed by atoms with Gasteiger partial charge in [0.2, 0.25) is 0 Å². The van der Waals surface area contributed by atoms with Crippen molar-refractivity contribution >= 4 is 10.1 Å². The first-order chi connectivity index (χ1) is 14.8. The van der Waals surface area contributed by atoms with Crippen LogP contribution in [0, 0.1) is 0 Å². The lowest BCUT2D eigenvalue weighted by molar-refractivity contribution is -0.355. The van der Waals surface area contributed by atoms with Crippen molar-refractivity contribution in [1.82, 2.24) is 0 Å². The van der Waals surface area contributed by atoms with Gasteiger partial charge in [-0.25, -0.2) is 8.42 Å². The van der Waals surface area contributed by atoms with Gasteiger partial charge >= 0.3 is 36.0 Å². The molecule has 0 aliphatic carbocycles. The maximum absolute atomic E-state index is 13.4. The topological polar surface area (TPSA) is 57.2 Å². The molecule has 0 amide bonds. The van der Waals surface area contributed by atoms with E-state index in [0.29, 0.717) is 6.07 Å². The molecular formula is C16H11F14O3S-. The van der Waals surface area contributed by atoms with E-state index in [9.17, 15) is 74.4 Å². The number of benzene rings is 1. The van der Waals surface area contributed by atoms with Crippen molar-refractivity contribution < 1.29 is 74.4 Å². The standard InChI is InChI=1S/C16H12F14O3S/c17-11(18,13(21,22)15(25,26)27)3-1-8-5-9(7-10(6-8)34(31,32)33)2-4-12(19,20)14(23,24)16(28,29)30/h5-7H,1-4H2,(H,31,32,33)/p-1. The molecule has 0 aliphatic heterocycles. The van der Waals surface area contributed by atoms with Gasteiger partial charge < -0.3 is 4.55 Å². The first kappa shape index (κ1) is 30.2. The Bertz CT molecular complexity index is 919. The van der Waals surface area contributed by atoms with Crippen molar-refractivity contribution in [3.63, 3.8) is 0 Å². The zero-order valence-electron chi connectivity index (χ0n) is 16.0. The Balaban J connectivity index is 3.27. The summed E-state index contributed by atoms with van der Waals surface area (Å²) in [6, 6.07) is 0.838. The summed E-state index contributed by atoms with van der Waals surface area (Å²) in [6.45, 7) is 0. The van der Waals surface area contributed by atoms with Crippen molar-refractivity contribution in [2.75, 3.05) is 0 Å². The molecule has 0 aromatic heterocycles. The molecule has 18 heteroatoms. The summed E-state index contributed by atoms with van der Waals surface area (Å²) in [5.41, 5.74) is -1.79. The Morgan fingerprint density at radius 2 is 0.882 bits per heavy atom. The molecule has 1 aromatic carbocycles. The number of hydrogen-bond donors (Lipinski definition) is 0. The predicted octanol–water partition coefficient (Wildman–Crippen LogP) is 6.12. The molecule has 0 N–H and O–H groups in total. The van der Waals surface area contributed by atoms with Gasteiger partial charge in [0.15, 0.2) is 0 Å². The van der Waals surface area contributed by atoms with Gasteiger partial charge in [-0.2, -0.15) is 61.5 Å². The summed E-state index contributed by atoms with van der Waals surface area (Å²) in [5, 5.41) is 0. The SMILES string of the molecule is O=S(=O)([O-])c1cc(CCC(F)(F)C(F)(F)C(F)(F)F)cc(CCC(F)(F)C(F)(F)C(F)(F)F)c1. The molecule has 0 bridgehead atoms. The Morgan fingerprint density at radius 3 is 1.12 bits per heavy atom. The van der Waals surface area contributed by atoms with Crippen LogP contribution < -0.4 is 0 Å². The Morgan fingerprint density at radius 1 is 0.588 bits per heavy atom. The molecule has 0 saturated heterocycles. The fourth-order valence-electron chi connectivity index (χ4n) is 2.49. The van der Waals surface area contributed by atoms with E-state index in [1.165, 1.54) is 0 Å². The minimum atomic E-state index is -6.70. The van der Waals surface area contributed by atoms with Crippen molar-refractivity contribution in [3.8, 4) is 0 Å². The van der Waals surface area contributed by atoms with Crippen LogP contribution in [0.15, 0.2) is 23.1 Å². The van der Waals surface area contributed by atoms with E-state index in [-0.39, 0.29) is 12.1 Å². The van der Waals surface area contributed by atoms with Gasteiger partial charge in [0.1, 0.15) is 10.1 Å². The van der Waals surface area contributed by atoms with Crippen LogP contribution in [0.2, 0.25) is 0 Å². The van der Waals surface area contributed by atoms with E-state index in [4.69, 9.17) is 0 Å². The minimum Gasteiger partial charge on any atom is -0.744 e. The van der Waals surface area contributed by atoms with Crippen LogP contribution in [0.25, 0.3) is 0 Å². The molecule has 198 valence electrons. The third-order valence-electron chi connectivity index (χ3n) is 4.40. The van der Waals surface area contributed by atoms with Gasteiger partial charge in [0, 0.05) is 12.8 Å². The highest BCUT2D eigenvalue weighted by Crippen LogP contribution is 2.49. The van der Waals surface area contributed by atoms with E-state index in [2.05, 4.69) is 0 Å². The minimum absolute atomic E-state index is 0.218. The summed E-state index contributed by atoms with van der Waals surface area (Å²) < 4.78 is 212. The average molecular weight is 549 g/mol. The van der Waals surface area contributed by atoms with Gasteiger partial charge in [-0.3, -0.25) is 0 Å². The lowest BCUT2D eigenvalue weighted by Gasteiger charge is -2.28. The summed E-state index contributed by atoms with van der Waals surface area (Å²) in [5.74, 6) is -24.6. The van der Waals surface area contributed by atoms with Gasteiger partial charge in [0.05, 0.1) is 4.90 Å².